The van der Waals surface area contributed by atoms with E-state index < -0.39 is 0 Å². The summed E-state index contributed by atoms with van der Waals surface area (Å²) in [5.41, 5.74) is 4.14. The molecule has 4 nitrogen and oxygen atoms in total. The zero-order valence-electron chi connectivity index (χ0n) is 23.7. The summed E-state index contributed by atoms with van der Waals surface area (Å²) in [7, 11) is 0. The zero-order chi connectivity index (χ0) is 26.6. The molecule has 1 aromatic rings. The van der Waals surface area contributed by atoms with Crippen LogP contribution in [-0.2, 0) is 0 Å². The fraction of sp³-hybridized carbons (Fsp3) is 0.606. The Bertz CT molecular complexity index is 894. The van der Waals surface area contributed by atoms with Gasteiger partial charge in [-0.15, -0.1) is 13.2 Å². The van der Waals surface area contributed by atoms with Crippen molar-refractivity contribution in [2.24, 2.45) is 11.8 Å². The van der Waals surface area contributed by atoms with Crippen LogP contribution in [-0.4, -0.2) is 67.9 Å². The highest BCUT2D eigenvalue weighted by atomic mass is 16.1. The number of nitrogens with zero attached hydrogens (tertiary/aromatic N) is 3. The molecule has 0 spiro atoms. The maximum Gasteiger partial charge on any atom is 0.150 e. The maximum absolute atomic E-state index is 11.6. The standard InChI is InChI=1S/C33H51N3O/c1-6-9-18-36(33-24-29(26-37)15-16-32(33)27(4)12-7-2)23-22-35(28(5)8-3)21-20-34-19-17-30-13-10-11-14-31(30)25-34/h6,8,15-16,24,26,28,30-31H,1,3-4,7,9-14,17-23,25H2,2,5H3. The molecule has 0 N–H and O–H groups in total. The van der Waals surface area contributed by atoms with Crippen LogP contribution >= 0.6 is 0 Å². The molecule has 1 saturated heterocycles. The third-order valence-corrected chi connectivity index (χ3v) is 8.69. The first-order chi connectivity index (χ1) is 18.0. The lowest BCUT2D eigenvalue weighted by molar-refractivity contribution is 0.0763. The molecule has 0 aromatic heterocycles. The van der Waals surface area contributed by atoms with Crippen molar-refractivity contribution in [3.05, 3.63) is 61.2 Å². The van der Waals surface area contributed by atoms with Crippen LogP contribution < -0.4 is 4.90 Å². The molecule has 204 valence electrons. The summed E-state index contributed by atoms with van der Waals surface area (Å²) in [6.07, 6.45) is 15.1. The molecule has 0 bridgehead atoms. The number of aldehydes is 1. The second-order valence-corrected chi connectivity index (χ2v) is 11.2. The van der Waals surface area contributed by atoms with E-state index in [1.807, 2.05) is 18.2 Å². The van der Waals surface area contributed by atoms with E-state index in [9.17, 15) is 4.79 Å². The van der Waals surface area contributed by atoms with Crippen LogP contribution in [0.4, 0.5) is 5.69 Å². The molecule has 3 rings (SSSR count). The van der Waals surface area contributed by atoms with Crippen LogP contribution in [0.2, 0.25) is 0 Å². The predicted molar refractivity (Wildman–Crippen MR) is 161 cm³/mol. The number of carbonyl (C=O) groups excluding carboxylic acids is 1. The van der Waals surface area contributed by atoms with E-state index in [1.54, 1.807) is 0 Å². The minimum atomic E-state index is 0.323. The number of rotatable bonds is 16. The summed E-state index contributed by atoms with van der Waals surface area (Å²) >= 11 is 0. The summed E-state index contributed by atoms with van der Waals surface area (Å²) in [6, 6.07) is 6.36. The Labute approximate surface area is 227 Å². The SMILES string of the molecule is C=CCCN(CCN(CCN1CCC2CCCCC2C1)C(C)C=C)c1cc(C=O)ccc1C(=C)CCC. The fourth-order valence-electron chi connectivity index (χ4n) is 6.29. The number of carbonyl (C=O) groups is 1. The number of anilines is 1. The highest BCUT2D eigenvalue weighted by Crippen LogP contribution is 2.36. The molecule has 2 fully saturated rings. The molecule has 1 aliphatic carbocycles. The van der Waals surface area contributed by atoms with Gasteiger partial charge < -0.3 is 9.80 Å². The Morgan fingerprint density at radius 1 is 1.11 bits per heavy atom. The van der Waals surface area contributed by atoms with Gasteiger partial charge in [-0.1, -0.05) is 63.5 Å². The van der Waals surface area contributed by atoms with Crippen LogP contribution in [0.15, 0.2) is 50.1 Å². The smallest absolute Gasteiger partial charge is 0.150 e. The monoisotopic (exact) mass is 505 g/mol. The molecular weight excluding hydrogens is 454 g/mol. The highest BCUT2D eigenvalue weighted by Gasteiger charge is 2.31. The molecule has 1 aliphatic heterocycles. The minimum absolute atomic E-state index is 0.323. The largest absolute Gasteiger partial charge is 0.369 e. The van der Waals surface area contributed by atoms with Crippen molar-refractivity contribution >= 4 is 17.5 Å². The molecule has 1 aromatic carbocycles. The number of hydrogen-bond acceptors (Lipinski definition) is 4. The first kappa shape index (κ1) is 29.4. The Morgan fingerprint density at radius 3 is 2.59 bits per heavy atom. The van der Waals surface area contributed by atoms with E-state index in [0.717, 1.165) is 86.9 Å². The lowest BCUT2D eigenvalue weighted by Gasteiger charge is -2.42. The van der Waals surface area contributed by atoms with Gasteiger partial charge in [-0.2, -0.15) is 0 Å². The van der Waals surface area contributed by atoms with Crippen LogP contribution in [0.25, 0.3) is 5.57 Å². The highest BCUT2D eigenvalue weighted by molar-refractivity contribution is 5.83. The summed E-state index contributed by atoms with van der Waals surface area (Å²) in [5, 5.41) is 0. The lowest BCUT2D eigenvalue weighted by atomic mass is 9.75. The van der Waals surface area contributed by atoms with Crippen molar-refractivity contribution in [1.82, 2.24) is 9.80 Å². The quantitative estimate of drug-likeness (QED) is 0.177. The Balaban J connectivity index is 1.70. The second-order valence-electron chi connectivity index (χ2n) is 11.2. The van der Waals surface area contributed by atoms with Crippen LogP contribution in [0.1, 0.15) is 81.1 Å². The van der Waals surface area contributed by atoms with E-state index in [2.05, 4.69) is 60.4 Å². The van der Waals surface area contributed by atoms with Gasteiger partial charge in [0.15, 0.2) is 0 Å². The summed E-state index contributed by atoms with van der Waals surface area (Å²) in [4.78, 5) is 19.4. The third-order valence-electron chi connectivity index (χ3n) is 8.69. The van der Waals surface area contributed by atoms with Crippen LogP contribution in [0, 0.1) is 11.8 Å². The van der Waals surface area contributed by atoms with Gasteiger partial charge in [0, 0.05) is 62.1 Å². The average Bonchev–Trinajstić information content (AvgIpc) is 2.93. The number of allylic oxidation sites excluding steroid dienone is 1. The fourth-order valence-corrected chi connectivity index (χ4v) is 6.29. The molecule has 1 heterocycles. The summed E-state index contributed by atoms with van der Waals surface area (Å²) in [6.45, 7) is 24.4. The summed E-state index contributed by atoms with van der Waals surface area (Å²) in [5.74, 6) is 1.90. The Hall–Kier alpha value is -2.17. The molecule has 4 heteroatoms. The van der Waals surface area contributed by atoms with E-state index in [0.29, 0.717) is 11.6 Å². The number of likely N-dealkylation sites (tertiary alicyclic amines) is 1. The van der Waals surface area contributed by atoms with Crippen LogP contribution in [0.5, 0.6) is 0 Å². The second kappa shape index (κ2) is 15.3. The van der Waals surface area contributed by atoms with Gasteiger partial charge in [0.25, 0.3) is 0 Å². The normalized spacial score (nSPS) is 20.7. The van der Waals surface area contributed by atoms with E-state index in [1.165, 1.54) is 45.2 Å². The molecule has 2 aliphatic rings. The van der Waals surface area contributed by atoms with Gasteiger partial charge in [0.1, 0.15) is 6.29 Å². The molecule has 0 radical (unpaired) electrons. The first-order valence-electron chi connectivity index (χ1n) is 14.7. The van der Waals surface area contributed by atoms with E-state index >= 15 is 0 Å². The van der Waals surface area contributed by atoms with Crippen molar-refractivity contribution in [3.63, 3.8) is 0 Å². The zero-order valence-corrected chi connectivity index (χ0v) is 23.7. The molecule has 0 amide bonds. The van der Waals surface area contributed by atoms with Crippen molar-refractivity contribution in [2.75, 3.05) is 50.7 Å². The molecular formula is C33H51N3O. The third kappa shape index (κ3) is 8.41. The first-order valence-corrected chi connectivity index (χ1v) is 14.7. The minimum Gasteiger partial charge on any atom is -0.369 e. The van der Waals surface area contributed by atoms with Gasteiger partial charge in [0.05, 0.1) is 0 Å². The number of hydrogen-bond donors (Lipinski definition) is 0. The number of benzene rings is 1. The van der Waals surface area contributed by atoms with Gasteiger partial charge in [-0.25, -0.2) is 0 Å². The summed E-state index contributed by atoms with van der Waals surface area (Å²) < 4.78 is 0. The molecule has 1 saturated carbocycles. The van der Waals surface area contributed by atoms with Gasteiger partial charge in [-0.3, -0.25) is 9.69 Å². The molecule has 3 unspecified atom stereocenters. The maximum atomic E-state index is 11.6. The van der Waals surface area contributed by atoms with Crippen molar-refractivity contribution in [1.29, 1.82) is 0 Å². The number of fused-ring (bicyclic) bond motifs is 1. The van der Waals surface area contributed by atoms with Crippen LogP contribution in [0.3, 0.4) is 0 Å². The van der Waals surface area contributed by atoms with Crippen molar-refractivity contribution in [2.45, 2.75) is 71.3 Å². The Kier molecular flexibility index (Phi) is 12.1. The van der Waals surface area contributed by atoms with Gasteiger partial charge in [0.2, 0.25) is 0 Å². The predicted octanol–water partition coefficient (Wildman–Crippen LogP) is 7.08. The molecule has 3 atom stereocenters. The van der Waals surface area contributed by atoms with E-state index in [-0.39, 0.29) is 0 Å². The lowest BCUT2D eigenvalue weighted by Crippen LogP contribution is -2.47. The average molecular weight is 506 g/mol. The van der Waals surface area contributed by atoms with Crippen molar-refractivity contribution < 1.29 is 4.79 Å². The van der Waals surface area contributed by atoms with Crippen molar-refractivity contribution in [3.8, 4) is 0 Å². The van der Waals surface area contributed by atoms with Gasteiger partial charge >= 0.3 is 0 Å². The van der Waals surface area contributed by atoms with Gasteiger partial charge in [-0.05, 0) is 62.6 Å². The van der Waals surface area contributed by atoms with E-state index in [4.69, 9.17) is 0 Å². The Morgan fingerprint density at radius 2 is 1.89 bits per heavy atom. The topological polar surface area (TPSA) is 26.8 Å². The molecule has 37 heavy (non-hydrogen) atoms. The number of piperidine rings is 1.